The van der Waals surface area contributed by atoms with E-state index in [-0.39, 0.29) is 33.7 Å². The Bertz CT molecular complexity index is 841. The minimum Gasteiger partial charge on any atom is -0.398 e. The zero-order chi connectivity index (χ0) is 15.8. The number of carbonyl (C=O) groups excluding carboxylic acids is 4. The van der Waals surface area contributed by atoms with Crippen LogP contribution in [-0.2, 0) is 28.7 Å². The van der Waals surface area contributed by atoms with Gasteiger partial charge in [0.25, 0.3) is 0 Å². The molecule has 0 aromatic heterocycles. The van der Waals surface area contributed by atoms with Crippen molar-refractivity contribution in [3.63, 3.8) is 0 Å². The predicted molar refractivity (Wildman–Crippen MR) is 67.8 cm³/mol. The first-order valence-corrected chi connectivity index (χ1v) is 6.36. The Morgan fingerprint density at radius 3 is 2.36 bits per heavy atom. The number of hydrogen-bond acceptors (Lipinski definition) is 8. The van der Waals surface area contributed by atoms with E-state index in [1.165, 1.54) is 12.2 Å². The zero-order valence-corrected chi connectivity index (χ0v) is 10.9. The smallest absolute Gasteiger partial charge is 0.348 e. The molecular formula is C14H8N2O6. The Hall–Kier alpha value is -3.16. The SMILES string of the molecule is NC1=CC2C(=O)OC(=O)C3=C(N)C=C4C(=O)OC(=O)C1=C4C32. The molecule has 2 heterocycles. The Balaban J connectivity index is 2.09. The molecule has 8 heteroatoms. The van der Waals surface area contributed by atoms with Crippen LogP contribution in [0.1, 0.15) is 0 Å². The van der Waals surface area contributed by atoms with E-state index in [0.717, 1.165) is 0 Å². The molecule has 4 aliphatic rings. The van der Waals surface area contributed by atoms with Crippen molar-refractivity contribution in [1.82, 2.24) is 0 Å². The van der Waals surface area contributed by atoms with Crippen molar-refractivity contribution in [2.45, 2.75) is 0 Å². The fourth-order valence-electron chi connectivity index (χ4n) is 3.23. The maximum absolute atomic E-state index is 12.0. The molecule has 0 saturated carbocycles. The maximum atomic E-state index is 12.0. The lowest BCUT2D eigenvalue weighted by atomic mass is 9.67. The van der Waals surface area contributed by atoms with Crippen molar-refractivity contribution in [3.05, 3.63) is 45.8 Å². The van der Waals surface area contributed by atoms with Gasteiger partial charge in [0.1, 0.15) is 0 Å². The van der Waals surface area contributed by atoms with Gasteiger partial charge in [-0.25, -0.2) is 14.4 Å². The van der Waals surface area contributed by atoms with Crippen LogP contribution in [-0.4, -0.2) is 23.9 Å². The van der Waals surface area contributed by atoms with Gasteiger partial charge in [-0.1, -0.05) is 0 Å². The van der Waals surface area contributed by atoms with E-state index in [9.17, 15) is 19.2 Å². The van der Waals surface area contributed by atoms with Gasteiger partial charge in [0.15, 0.2) is 0 Å². The number of esters is 4. The van der Waals surface area contributed by atoms with E-state index in [4.69, 9.17) is 11.5 Å². The van der Waals surface area contributed by atoms with Crippen molar-refractivity contribution in [2.75, 3.05) is 0 Å². The first-order chi connectivity index (χ1) is 10.4. The molecule has 22 heavy (non-hydrogen) atoms. The Morgan fingerprint density at radius 2 is 1.64 bits per heavy atom. The highest BCUT2D eigenvalue weighted by Gasteiger charge is 2.53. The highest BCUT2D eigenvalue weighted by molar-refractivity contribution is 6.15. The van der Waals surface area contributed by atoms with Gasteiger partial charge in [-0.15, -0.1) is 0 Å². The third-order valence-electron chi connectivity index (χ3n) is 4.09. The fourth-order valence-corrected chi connectivity index (χ4v) is 3.23. The largest absolute Gasteiger partial charge is 0.398 e. The number of ether oxygens (including phenoxy) is 2. The van der Waals surface area contributed by atoms with E-state index in [0.29, 0.717) is 0 Å². The molecule has 4 rings (SSSR count). The van der Waals surface area contributed by atoms with Crippen LogP contribution in [0.25, 0.3) is 0 Å². The maximum Gasteiger partial charge on any atom is 0.348 e. The minimum atomic E-state index is -0.910. The van der Waals surface area contributed by atoms with Crippen molar-refractivity contribution in [1.29, 1.82) is 0 Å². The summed E-state index contributed by atoms with van der Waals surface area (Å²) in [5.41, 5.74) is 11.9. The number of allylic oxidation sites excluding steroid dienone is 1. The number of carbonyl (C=O) groups is 4. The molecule has 2 aliphatic carbocycles. The second-order valence-corrected chi connectivity index (χ2v) is 5.23. The summed E-state index contributed by atoms with van der Waals surface area (Å²) >= 11 is 0. The molecule has 0 aromatic carbocycles. The van der Waals surface area contributed by atoms with Gasteiger partial charge in [-0.3, -0.25) is 4.79 Å². The summed E-state index contributed by atoms with van der Waals surface area (Å²) in [6.45, 7) is 0. The second-order valence-electron chi connectivity index (χ2n) is 5.23. The fraction of sp³-hybridized carbons (Fsp3) is 0.143. The van der Waals surface area contributed by atoms with Gasteiger partial charge in [0, 0.05) is 17.3 Å². The van der Waals surface area contributed by atoms with Crippen molar-refractivity contribution >= 4 is 23.9 Å². The Labute approximate surface area is 122 Å². The van der Waals surface area contributed by atoms with Gasteiger partial charge in [0.2, 0.25) is 0 Å². The van der Waals surface area contributed by atoms with Crippen LogP contribution in [0, 0.1) is 11.8 Å². The molecule has 2 aliphatic heterocycles. The highest BCUT2D eigenvalue weighted by Crippen LogP contribution is 2.49. The molecule has 2 unspecified atom stereocenters. The van der Waals surface area contributed by atoms with E-state index < -0.39 is 35.7 Å². The standard InChI is InChI=1S/C14H8N2O6/c15-5-1-3-7-8-4(12(18)22-13(19)9(5)8)2-6(16)10(7)14(20)21-11(3)17/h1-3,7H,15-16H2. The van der Waals surface area contributed by atoms with E-state index in [1.54, 1.807) is 0 Å². The molecule has 1 fully saturated rings. The van der Waals surface area contributed by atoms with Crippen LogP contribution in [0.4, 0.5) is 0 Å². The van der Waals surface area contributed by atoms with Gasteiger partial charge in [-0.05, 0) is 17.7 Å². The number of nitrogens with two attached hydrogens (primary N) is 2. The lowest BCUT2D eigenvalue weighted by Crippen LogP contribution is -2.46. The van der Waals surface area contributed by atoms with Crippen LogP contribution in [0.5, 0.6) is 0 Å². The summed E-state index contributed by atoms with van der Waals surface area (Å²) in [6, 6.07) is 0. The average Bonchev–Trinajstić information content (AvgIpc) is 2.43. The number of cyclic esters (lactones) is 4. The number of hydrogen-bond donors (Lipinski definition) is 2. The molecule has 1 saturated heterocycles. The lowest BCUT2D eigenvalue weighted by Gasteiger charge is -2.39. The third-order valence-corrected chi connectivity index (χ3v) is 4.09. The van der Waals surface area contributed by atoms with Gasteiger partial charge in [0.05, 0.1) is 22.6 Å². The van der Waals surface area contributed by atoms with Gasteiger partial charge >= 0.3 is 23.9 Å². The second kappa shape index (κ2) is 3.73. The van der Waals surface area contributed by atoms with Crippen LogP contribution in [0.3, 0.4) is 0 Å². The van der Waals surface area contributed by atoms with E-state index >= 15 is 0 Å². The lowest BCUT2D eigenvalue weighted by molar-refractivity contribution is -0.165. The quantitative estimate of drug-likeness (QED) is 0.415. The molecular weight excluding hydrogens is 292 g/mol. The van der Waals surface area contributed by atoms with Crippen LogP contribution in [0.15, 0.2) is 45.8 Å². The Morgan fingerprint density at radius 1 is 0.909 bits per heavy atom. The topological polar surface area (TPSA) is 139 Å². The summed E-state index contributed by atoms with van der Waals surface area (Å²) in [6.07, 6.45) is 2.56. The van der Waals surface area contributed by atoms with Crippen LogP contribution < -0.4 is 11.5 Å². The van der Waals surface area contributed by atoms with E-state index in [2.05, 4.69) is 9.47 Å². The summed E-state index contributed by atoms with van der Waals surface area (Å²) < 4.78 is 9.30. The monoisotopic (exact) mass is 300 g/mol. The first kappa shape index (κ1) is 12.6. The molecule has 2 atom stereocenters. The van der Waals surface area contributed by atoms with Gasteiger partial charge in [-0.2, -0.15) is 0 Å². The van der Waals surface area contributed by atoms with Crippen molar-refractivity contribution in [2.24, 2.45) is 23.3 Å². The zero-order valence-electron chi connectivity index (χ0n) is 10.9. The summed E-state index contributed by atoms with van der Waals surface area (Å²) in [5, 5.41) is 0. The van der Waals surface area contributed by atoms with Gasteiger partial charge < -0.3 is 20.9 Å². The minimum absolute atomic E-state index is 0.00534. The first-order valence-electron chi connectivity index (χ1n) is 6.36. The molecule has 0 amide bonds. The molecule has 110 valence electrons. The summed E-state index contributed by atoms with van der Waals surface area (Å²) in [7, 11) is 0. The Kier molecular flexibility index (Phi) is 2.13. The molecule has 0 radical (unpaired) electrons. The normalized spacial score (nSPS) is 29.6. The average molecular weight is 300 g/mol. The molecule has 0 bridgehead atoms. The molecule has 0 spiro atoms. The summed E-state index contributed by atoms with van der Waals surface area (Å²) in [4.78, 5) is 47.8. The third kappa shape index (κ3) is 1.31. The number of rotatable bonds is 0. The molecule has 4 N–H and O–H groups in total. The van der Waals surface area contributed by atoms with E-state index in [1.807, 2.05) is 0 Å². The molecule has 0 aromatic rings. The highest BCUT2D eigenvalue weighted by atomic mass is 16.6. The predicted octanol–water partition coefficient (Wildman–Crippen LogP) is -1.31. The van der Waals surface area contributed by atoms with Crippen LogP contribution >= 0.6 is 0 Å². The van der Waals surface area contributed by atoms with Crippen LogP contribution in [0.2, 0.25) is 0 Å². The summed E-state index contributed by atoms with van der Waals surface area (Å²) in [5.74, 6) is -5.23. The molecule has 8 nitrogen and oxygen atoms in total. The van der Waals surface area contributed by atoms with Crippen molar-refractivity contribution in [3.8, 4) is 0 Å². The van der Waals surface area contributed by atoms with Crippen molar-refractivity contribution < 1.29 is 28.7 Å².